The maximum absolute atomic E-state index is 11.0. The molecule has 4 nitrogen and oxygen atoms in total. The fourth-order valence-electron chi connectivity index (χ4n) is 1.06. The van der Waals surface area contributed by atoms with Gasteiger partial charge in [-0.05, 0) is 0 Å². The third-order valence-corrected chi connectivity index (χ3v) is 1.76. The van der Waals surface area contributed by atoms with Crippen molar-refractivity contribution in [3.05, 3.63) is 0 Å². The van der Waals surface area contributed by atoms with Gasteiger partial charge in [-0.2, -0.15) is 0 Å². The lowest BCUT2D eigenvalue weighted by molar-refractivity contribution is 0.0304. The fraction of sp³-hybridized carbons (Fsp3) is 0.833. The molecule has 1 atom stereocenters. The lowest BCUT2D eigenvalue weighted by Crippen LogP contribution is -2.31. The first-order chi connectivity index (χ1) is 4.66. The molecule has 1 unspecified atom stereocenters. The Labute approximate surface area is 60.4 Å². The minimum Gasteiger partial charge on any atom is -0.360 e. The van der Waals surface area contributed by atoms with Crippen molar-refractivity contribution >= 4 is 6.03 Å². The molecule has 1 aliphatic rings. The zero-order valence-corrected chi connectivity index (χ0v) is 6.50. The summed E-state index contributed by atoms with van der Waals surface area (Å²) in [5.74, 6) is 0. The maximum Gasteiger partial charge on any atom is 0.321 e. The Kier molecular flexibility index (Phi) is 1.80. The van der Waals surface area contributed by atoms with E-state index in [1.807, 2.05) is 0 Å². The quantitative estimate of drug-likeness (QED) is 0.517. The number of hydrogen-bond donors (Lipinski definition) is 0. The highest BCUT2D eigenvalue weighted by Gasteiger charge is 2.31. The van der Waals surface area contributed by atoms with Gasteiger partial charge in [0.15, 0.2) is 6.23 Å². The molecule has 4 heteroatoms. The number of hydrogen-bond acceptors (Lipinski definition) is 2. The molecule has 1 aliphatic heterocycles. The summed E-state index contributed by atoms with van der Waals surface area (Å²) in [6, 6.07) is 0.0202. The van der Waals surface area contributed by atoms with Gasteiger partial charge in [-0.1, -0.05) is 0 Å². The van der Waals surface area contributed by atoms with Gasteiger partial charge in [0.1, 0.15) is 0 Å². The average molecular weight is 144 g/mol. The fourth-order valence-corrected chi connectivity index (χ4v) is 1.06. The van der Waals surface area contributed by atoms with Gasteiger partial charge in [0.05, 0.1) is 6.54 Å². The molecule has 1 rings (SSSR count). The van der Waals surface area contributed by atoms with E-state index in [1.54, 1.807) is 31.0 Å². The van der Waals surface area contributed by atoms with E-state index in [-0.39, 0.29) is 12.3 Å². The Morgan fingerprint density at radius 3 is 2.40 bits per heavy atom. The molecule has 10 heavy (non-hydrogen) atoms. The molecule has 0 N–H and O–H groups in total. The molecule has 0 aliphatic carbocycles. The summed E-state index contributed by atoms with van der Waals surface area (Å²) in [6.07, 6.45) is -0.0718. The summed E-state index contributed by atoms with van der Waals surface area (Å²) in [5.41, 5.74) is 0. The van der Waals surface area contributed by atoms with E-state index in [9.17, 15) is 4.79 Å². The smallest absolute Gasteiger partial charge is 0.321 e. The minimum atomic E-state index is -0.0718. The number of rotatable bonds is 1. The second kappa shape index (κ2) is 2.46. The first-order valence-corrected chi connectivity index (χ1v) is 3.17. The zero-order valence-electron chi connectivity index (χ0n) is 6.50. The predicted octanol–water partition coefficient (Wildman–Crippen LogP) is -0.0439. The first kappa shape index (κ1) is 7.34. The van der Waals surface area contributed by atoms with Gasteiger partial charge >= 0.3 is 6.03 Å². The SMILES string of the molecule is COC1CN(C)C(=O)N1C. The van der Waals surface area contributed by atoms with E-state index in [1.165, 1.54) is 0 Å². The minimum absolute atomic E-state index is 0.0202. The highest BCUT2D eigenvalue weighted by Crippen LogP contribution is 2.10. The molecule has 0 radical (unpaired) electrons. The molecule has 0 aromatic heterocycles. The van der Waals surface area contributed by atoms with Gasteiger partial charge in [0.25, 0.3) is 0 Å². The van der Waals surface area contributed by atoms with Gasteiger partial charge in [-0.25, -0.2) is 4.79 Å². The number of carbonyl (C=O) groups excluding carboxylic acids is 1. The number of methoxy groups -OCH3 is 1. The van der Waals surface area contributed by atoms with Crippen LogP contribution in [0, 0.1) is 0 Å². The topological polar surface area (TPSA) is 32.8 Å². The van der Waals surface area contributed by atoms with E-state index in [4.69, 9.17) is 4.74 Å². The third kappa shape index (κ3) is 0.945. The van der Waals surface area contributed by atoms with Crippen LogP contribution < -0.4 is 0 Å². The number of amides is 2. The Balaban J connectivity index is 2.61. The maximum atomic E-state index is 11.0. The van der Waals surface area contributed by atoms with Crippen LogP contribution >= 0.6 is 0 Å². The summed E-state index contributed by atoms with van der Waals surface area (Å²) in [7, 11) is 5.10. The molecule has 0 aromatic rings. The van der Waals surface area contributed by atoms with Gasteiger partial charge < -0.3 is 14.5 Å². The number of likely N-dealkylation sites (N-methyl/N-ethyl adjacent to an activating group) is 2. The molecule has 0 aromatic carbocycles. The number of ether oxygens (including phenoxy) is 1. The van der Waals surface area contributed by atoms with Crippen LogP contribution in [0.3, 0.4) is 0 Å². The summed E-state index contributed by atoms with van der Waals surface area (Å²) in [4.78, 5) is 14.3. The summed E-state index contributed by atoms with van der Waals surface area (Å²) >= 11 is 0. The average Bonchev–Trinajstić information content (AvgIpc) is 2.17. The van der Waals surface area contributed by atoms with E-state index < -0.39 is 0 Å². The summed E-state index contributed by atoms with van der Waals surface area (Å²) < 4.78 is 5.03. The van der Waals surface area contributed by atoms with E-state index in [0.29, 0.717) is 6.54 Å². The lowest BCUT2D eigenvalue weighted by Gasteiger charge is -2.14. The van der Waals surface area contributed by atoms with Crippen molar-refractivity contribution in [2.24, 2.45) is 0 Å². The van der Waals surface area contributed by atoms with Crippen LogP contribution in [0.2, 0.25) is 0 Å². The van der Waals surface area contributed by atoms with Crippen LogP contribution in [0.1, 0.15) is 0 Å². The Morgan fingerprint density at radius 1 is 1.60 bits per heavy atom. The first-order valence-electron chi connectivity index (χ1n) is 3.17. The highest BCUT2D eigenvalue weighted by molar-refractivity contribution is 5.76. The Bertz CT molecular complexity index is 149. The molecule has 1 fully saturated rings. The van der Waals surface area contributed by atoms with Crippen molar-refractivity contribution in [3.63, 3.8) is 0 Å². The van der Waals surface area contributed by atoms with Crippen molar-refractivity contribution in [3.8, 4) is 0 Å². The molecule has 58 valence electrons. The second-order valence-electron chi connectivity index (χ2n) is 2.46. The van der Waals surface area contributed by atoms with Crippen molar-refractivity contribution in [1.82, 2.24) is 9.80 Å². The predicted molar refractivity (Wildman–Crippen MR) is 36.6 cm³/mol. The molecule has 0 spiro atoms. The molecule has 2 amide bonds. The van der Waals surface area contributed by atoms with Crippen molar-refractivity contribution < 1.29 is 9.53 Å². The van der Waals surface area contributed by atoms with Crippen LogP contribution in [0.4, 0.5) is 4.79 Å². The lowest BCUT2D eigenvalue weighted by atomic mass is 10.5. The van der Waals surface area contributed by atoms with Gasteiger partial charge in [-0.3, -0.25) is 0 Å². The Morgan fingerprint density at radius 2 is 2.20 bits per heavy atom. The molecular formula is C6H12N2O2. The third-order valence-electron chi connectivity index (χ3n) is 1.76. The van der Waals surface area contributed by atoms with Crippen molar-refractivity contribution in [2.45, 2.75) is 6.23 Å². The Hall–Kier alpha value is -0.770. The van der Waals surface area contributed by atoms with Crippen LogP contribution in [-0.4, -0.2) is 49.8 Å². The van der Waals surface area contributed by atoms with E-state index in [0.717, 1.165) is 0 Å². The largest absolute Gasteiger partial charge is 0.360 e. The monoisotopic (exact) mass is 144 g/mol. The number of urea groups is 1. The van der Waals surface area contributed by atoms with E-state index in [2.05, 4.69) is 0 Å². The van der Waals surface area contributed by atoms with Crippen molar-refractivity contribution in [2.75, 3.05) is 27.7 Å². The summed E-state index contributed by atoms with van der Waals surface area (Å²) in [5, 5.41) is 0. The van der Waals surface area contributed by atoms with Crippen LogP contribution in [-0.2, 0) is 4.74 Å². The molecular weight excluding hydrogens is 132 g/mol. The van der Waals surface area contributed by atoms with Crippen molar-refractivity contribution in [1.29, 1.82) is 0 Å². The standard InChI is InChI=1S/C6H12N2O2/c1-7-4-5(10-3)8(2)6(7)9/h5H,4H2,1-3H3. The normalized spacial score (nSPS) is 26.3. The molecule has 0 saturated carbocycles. The molecule has 0 bridgehead atoms. The number of nitrogens with zero attached hydrogens (tertiary/aromatic N) is 2. The van der Waals surface area contributed by atoms with E-state index >= 15 is 0 Å². The molecule has 1 heterocycles. The zero-order chi connectivity index (χ0) is 7.72. The summed E-state index contributed by atoms with van der Waals surface area (Å²) in [6.45, 7) is 0.659. The molecule has 1 saturated heterocycles. The second-order valence-corrected chi connectivity index (χ2v) is 2.46. The van der Waals surface area contributed by atoms with Crippen LogP contribution in [0.5, 0.6) is 0 Å². The van der Waals surface area contributed by atoms with Crippen LogP contribution in [0.15, 0.2) is 0 Å². The van der Waals surface area contributed by atoms with Gasteiger partial charge in [0, 0.05) is 21.2 Å². The van der Waals surface area contributed by atoms with Gasteiger partial charge in [0.2, 0.25) is 0 Å². The number of carbonyl (C=O) groups is 1. The highest BCUT2D eigenvalue weighted by atomic mass is 16.5. The van der Waals surface area contributed by atoms with Crippen LogP contribution in [0.25, 0.3) is 0 Å². The van der Waals surface area contributed by atoms with Gasteiger partial charge in [-0.15, -0.1) is 0 Å².